The van der Waals surface area contributed by atoms with Crippen molar-refractivity contribution >= 4 is 16.9 Å². The molecule has 1 spiro atoms. The highest BCUT2D eigenvalue weighted by Crippen LogP contribution is 2.38. The molecule has 2 aliphatic rings. The third-order valence-corrected chi connectivity index (χ3v) is 5.74. The van der Waals surface area contributed by atoms with Crippen LogP contribution in [-0.2, 0) is 4.74 Å². The van der Waals surface area contributed by atoms with E-state index in [2.05, 4.69) is 52.0 Å². The van der Waals surface area contributed by atoms with Crippen molar-refractivity contribution in [3.8, 4) is 5.69 Å². The molecule has 26 heavy (non-hydrogen) atoms. The number of anilines is 1. The monoisotopic (exact) mass is 349 g/mol. The first-order valence-electron chi connectivity index (χ1n) is 9.30. The fourth-order valence-electron chi connectivity index (χ4n) is 4.26. The van der Waals surface area contributed by atoms with Crippen LogP contribution in [0.15, 0.2) is 30.7 Å². The van der Waals surface area contributed by atoms with Crippen molar-refractivity contribution in [2.45, 2.75) is 38.7 Å². The van der Waals surface area contributed by atoms with Crippen LogP contribution in [0.3, 0.4) is 0 Å². The third-order valence-electron chi connectivity index (χ3n) is 5.74. The number of aromatic nitrogens is 4. The molecule has 2 fully saturated rings. The number of fused-ring (bicyclic) bond motifs is 1. The highest BCUT2D eigenvalue weighted by atomic mass is 16.5. The molecule has 6 heteroatoms. The Kier molecular flexibility index (Phi) is 3.50. The molecule has 0 saturated carbocycles. The van der Waals surface area contributed by atoms with E-state index in [0.717, 1.165) is 55.1 Å². The number of benzene rings is 1. The van der Waals surface area contributed by atoms with Crippen LogP contribution in [0.25, 0.3) is 16.7 Å². The first kappa shape index (κ1) is 15.8. The minimum absolute atomic E-state index is 0.145. The van der Waals surface area contributed by atoms with E-state index in [1.807, 2.05) is 10.9 Å². The Morgan fingerprint density at radius 3 is 2.38 bits per heavy atom. The highest BCUT2D eigenvalue weighted by molar-refractivity contribution is 5.87. The smallest absolute Gasteiger partial charge is 0.168 e. The molecule has 2 saturated heterocycles. The second-order valence-corrected chi connectivity index (χ2v) is 7.61. The molecule has 4 heterocycles. The van der Waals surface area contributed by atoms with Crippen LogP contribution in [0, 0.1) is 13.8 Å². The van der Waals surface area contributed by atoms with E-state index in [1.165, 1.54) is 17.5 Å². The summed E-state index contributed by atoms with van der Waals surface area (Å²) >= 11 is 0. The lowest BCUT2D eigenvalue weighted by atomic mass is 9.84. The van der Waals surface area contributed by atoms with Crippen molar-refractivity contribution in [3.63, 3.8) is 0 Å². The Morgan fingerprint density at radius 2 is 1.73 bits per heavy atom. The number of hydrogen-bond donors (Lipinski definition) is 0. The third kappa shape index (κ3) is 2.48. The van der Waals surface area contributed by atoms with Gasteiger partial charge in [0.15, 0.2) is 5.65 Å². The molecule has 2 aromatic heterocycles. The second kappa shape index (κ2) is 5.77. The summed E-state index contributed by atoms with van der Waals surface area (Å²) in [6.45, 7) is 7.07. The summed E-state index contributed by atoms with van der Waals surface area (Å²) in [7, 11) is 0. The maximum atomic E-state index is 5.84. The van der Waals surface area contributed by atoms with Gasteiger partial charge >= 0.3 is 0 Å². The molecule has 0 aliphatic carbocycles. The number of nitrogens with zero attached hydrogens (tertiary/aromatic N) is 5. The quantitative estimate of drug-likeness (QED) is 0.711. The molecule has 2 aliphatic heterocycles. The predicted molar refractivity (Wildman–Crippen MR) is 101 cm³/mol. The maximum Gasteiger partial charge on any atom is 0.168 e. The Balaban J connectivity index is 1.51. The predicted octanol–water partition coefficient (Wildman–Crippen LogP) is 3.19. The van der Waals surface area contributed by atoms with Crippen molar-refractivity contribution in [2.24, 2.45) is 0 Å². The van der Waals surface area contributed by atoms with E-state index in [-0.39, 0.29) is 5.60 Å². The van der Waals surface area contributed by atoms with E-state index in [0.29, 0.717) is 0 Å². The summed E-state index contributed by atoms with van der Waals surface area (Å²) in [6.07, 6.45) is 6.90. The van der Waals surface area contributed by atoms with Crippen molar-refractivity contribution < 1.29 is 4.74 Å². The summed E-state index contributed by atoms with van der Waals surface area (Å²) in [4.78, 5) is 11.5. The molecule has 0 unspecified atom stereocenters. The fraction of sp³-hybridized carbons (Fsp3) is 0.450. The molecule has 3 aromatic rings. The number of piperidine rings is 1. The van der Waals surface area contributed by atoms with Gasteiger partial charge in [-0.25, -0.2) is 14.6 Å². The minimum Gasteiger partial charge on any atom is -0.375 e. The molecule has 0 bridgehead atoms. The zero-order valence-corrected chi connectivity index (χ0v) is 15.3. The topological polar surface area (TPSA) is 56.1 Å². The lowest BCUT2D eigenvalue weighted by molar-refractivity contribution is -0.158. The molecule has 5 rings (SSSR count). The van der Waals surface area contributed by atoms with Gasteiger partial charge in [-0.3, -0.25) is 0 Å². The summed E-state index contributed by atoms with van der Waals surface area (Å²) in [6, 6.07) is 6.45. The van der Waals surface area contributed by atoms with Gasteiger partial charge in [-0.1, -0.05) is 6.07 Å². The largest absolute Gasteiger partial charge is 0.375 e. The van der Waals surface area contributed by atoms with E-state index in [9.17, 15) is 0 Å². The number of ether oxygens (including phenoxy) is 1. The van der Waals surface area contributed by atoms with Gasteiger partial charge in [0.1, 0.15) is 12.1 Å². The minimum atomic E-state index is 0.145. The van der Waals surface area contributed by atoms with Crippen LogP contribution in [0.1, 0.15) is 30.4 Å². The van der Waals surface area contributed by atoms with Gasteiger partial charge in [-0.05, 0) is 56.4 Å². The first-order chi connectivity index (χ1) is 12.6. The van der Waals surface area contributed by atoms with Gasteiger partial charge in [-0.15, -0.1) is 0 Å². The summed E-state index contributed by atoms with van der Waals surface area (Å²) in [5, 5.41) is 5.63. The average Bonchev–Trinajstić information content (AvgIpc) is 3.04. The van der Waals surface area contributed by atoms with Crippen LogP contribution in [-0.4, -0.2) is 45.0 Å². The average molecular weight is 349 g/mol. The van der Waals surface area contributed by atoms with Crippen molar-refractivity contribution in [3.05, 3.63) is 41.9 Å². The standard InChI is InChI=1S/C20H23N5O/c1-14-9-15(2)11-16(10-14)25-19-17(12-23-25)18(21-13-22-19)24-6-3-20(4-7-24)5-8-26-20/h9-13H,3-8H2,1-2H3. The molecule has 0 atom stereocenters. The van der Waals surface area contributed by atoms with Gasteiger partial charge in [-0.2, -0.15) is 5.10 Å². The Hall–Kier alpha value is -2.47. The zero-order valence-electron chi connectivity index (χ0n) is 15.3. The van der Waals surface area contributed by atoms with E-state index in [1.54, 1.807) is 6.33 Å². The van der Waals surface area contributed by atoms with E-state index >= 15 is 0 Å². The van der Waals surface area contributed by atoms with E-state index in [4.69, 9.17) is 4.74 Å². The SMILES string of the molecule is Cc1cc(C)cc(-n2ncc3c(N4CCC5(CCO5)CC4)ncnc32)c1. The Labute approximate surface area is 152 Å². The highest BCUT2D eigenvalue weighted by Gasteiger charge is 2.41. The Bertz CT molecular complexity index is 945. The first-order valence-corrected chi connectivity index (χ1v) is 9.30. The lowest BCUT2D eigenvalue weighted by Crippen LogP contribution is -2.52. The van der Waals surface area contributed by atoms with Gasteiger partial charge in [0.25, 0.3) is 0 Å². The molecule has 0 radical (unpaired) electrons. The summed E-state index contributed by atoms with van der Waals surface area (Å²) in [5.41, 5.74) is 4.49. The zero-order chi connectivity index (χ0) is 17.7. The van der Waals surface area contributed by atoms with Crippen LogP contribution in [0.2, 0.25) is 0 Å². The van der Waals surface area contributed by atoms with Crippen LogP contribution in [0.5, 0.6) is 0 Å². The van der Waals surface area contributed by atoms with Crippen LogP contribution in [0.4, 0.5) is 5.82 Å². The van der Waals surface area contributed by atoms with Gasteiger partial charge in [0, 0.05) is 13.1 Å². The molecule has 6 nitrogen and oxygen atoms in total. The molecule has 134 valence electrons. The number of hydrogen-bond acceptors (Lipinski definition) is 5. The molecule has 1 aromatic carbocycles. The van der Waals surface area contributed by atoms with Crippen LogP contribution >= 0.6 is 0 Å². The van der Waals surface area contributed by atoms with Gasteiger partial charge in [0.05, 0.1) is 29.5 Å². The molecule has 0 amide bonds. The van der Waals surface area contributed by atoms with E-state index < -0.39 is 0 Å². The van der Waals surface area contributed by atoms with Gasteiger partial charge in [0.2, 0.25) is 0 Å². The lowest BCUT2D eigenvalue weighted by Gasteiger charge is -2.47. The van der Waals surface area contributed by atoms with Crippen molar-refractivity contribution in [1.29, 1.82) is 0 Å². The number of rotatable bonds is 2. The maximum absolute atomic E-state index is 5.84. The normalized spacial score (nSPS) is 19.1. The number of aryl methyl sites for hydroxylation is 2. The van der Waals surface area contributed by atoms with Crippen molar-refractivity contribution in [1.82, 2.24) is 19.7 Å². The second-order valence-electron chi connectivity index (χ2n) is 7.61. The summed E-state index contributed by atoms with van der Waals surface area (Å²) < 4.78 is 7.76. The van der Waals surface area contributed by atoms with Crippen LogP contribution < -0.4 is 4.90 Å². The van der Waals surface area contributed by atoms with Gasteiger partial charge < -0.3 is 9.64 Å². The fourth-order valence-corrected chi connectivity index (χ4v) is 4.26. The molecular weight excluding hydrogens is 326 g/mol. The molecule has 0 N–H and O–H groups in total. The Morgan fingerprint density at radius 1 is 1.00 bits per heavy atom. The molecular formula is C20H23N5O. The van der Waals surface area contributed by atoms with Crippen molar-refractivity contribution in [2.75, 3.05) is 24.6 Å². The summed E-state index contributed by atoms with van der Waals surface area (Å²) in [5.74, 6) is 0.986.